The summed E-state index contributed by atoms with van der Waals surface area (Å²) in [6.45, 7) is 5.24. The van der Waals surface area contributed by atoms with Crippen LogP contribution in [0.1, 0.15) is 26.3 Å². The number of amidine groups is 1. The number of nitrogens with two attached hydrogens (primary N) is 1. The SMILES string of the molecule is CCc1cccc(NC(=O)C(C)(C)C(N)=NO)c1. The van der Waals surface area contributed by atoms with Gasteiger partial charge in [0.15, 0.2) is 5.84 Å². The van der Waals surface area contributed by atoms with Crippen molar-refractivity contribution < 1.29 is 10.0 Å². The first kappa shape index (κ1) is 14.0. The fourth-order valence-electron chi connectivity index (χ4n) is 1.40. The first-order valence-corrected chi connectivity index (χ1v) is 5.80. The highest BCUT2D eigenvalue weighted by molar-refractivity contribution is 6.11. The van der Waals surface area contributed by atoms with Gasteiger partial charge in [-0.2, -0.15) is 0 Å². The summed E-state index contributed by atoms with van der Waals surface area (Å²) in [5, 5.41) is 14.3. The Morgan fingerprint density at radius 1 is 1.50 bits per heavy atom. The minimum Gasteiger partial charge on any atom is -0.409 e. The third kappa shape index (κ3) is 3.00. The number of rotatable bonds is 4. The van der Waals surface area contributed by atoms with Crippen LogP contribution in [-0.4, -0.2) is 17.0 Å². The summed E-state index contributed by atoms with van der Waals surface area (Å²) < 4.78 is 0. The van der Waals surface area contributed by atoms with Gasteiger partial charge in [0, 0.05) is 5.69 Å². The first-order valence-electron chi connectivity index (χ1n) is 5.80. The van der Waals surface area contributed by atoms with Gasteiger partial charge in [0.1, 0.15) is 5.41 Å². The molecule has 5 heteroatoms. The smallest absolute Gasteiger partial charge is 0.237 e. The van der Waals surface area contributed by atoms with Gasteiger partial charge in [-0.1, -0.05) is 24.2 Å². The second-order valence-corrected chi connectivity index (χ2v) is 4.62. The zero-order valence-corrected chi connectivity index (χ0v) is 10.9. The number of nitrogens with one attached hydrogen (secondary N) is 1. The number of hydrogen-bond donors (Lipinski definition) is 3. The quantitative estimate of drug-likeness (QED) is 0.330. The van der Waals surface area contributed by atoms with Crippen molar-refractivity contribution in [1.29, 1.82) is 0 Å². The van der Waals surface area contributed by atoms with Crippen LogP contribution in [0.2, 0.25) is 0 Å². The van der Waals surface area contributed by atoms with Crippen LogP contribution >= 0.6 is 0 Å². The predicted molar refractivity (Wildman–Crippen MR) is 71.6 cm³/mol. The average molecular weight is 249 g/mol. The summed E-state index contributed by atoms with van der Waals surface area (Å²) in [6.07, 6.45) is 0.896. The standard InChI is InChI=1S/C13H19N3O2/c1-4-9-6-5-7-10(8-9)15-12(17)13(2,3)11(14)16-18/h5-8,18H,4H2,1-3H3,(H2,14,16)(H,15,17). The van der Waals surface area contributed by atoms with Gasteiger partial charge in [-0.3, -0.25) is 4.79 Å². The molecule has 0 aliphatic carbocycles. The molecule has 1 rings (SSSR count). The number of amides is 1. The number of anilines is 1. The van der Waals surface area contributed by atoms with Crippen LogP contribution in [-0.2, 0) is 11.2 Å². The van der Waals surface area contributed by atoms with Crippen molar-refractivity contribution in [1.82, 2.24) is 0 Å². The molecule has 0 fully saturated rings. The Morgan fingerprint density at radius 3 is 2.72 bits per heavy atom. The molecular formula is C13H19N3O2. The van der Waals surface area contributed by atoms with Crippen molar-refractivity contribution in [3.05, 3.63) is 29.8 Å². The predicted octanol–water partition coefficient (Wildman–Crippen LogP) is 1.96. The van der Waals surface area contributed by atoms with E-state index in [9.17, 15) is 4.79 Å². The van der Waals surface area contributed by atoms with Gasteiger partial charge in [-0.15, -0.1) is 0 Å². The maximum atomic E-state index is 12.1. The van der Waals surface area contributed by atoms with E-state index in [0.717, 1.165) is 12.0 Å². The third-order valence-electron chi connectivity index (χ3n) is 2.91. The molecule has 0 heterocycles. The third-order valence-corrected chi connectivity index (χ3v) is 2.91. The topological polar surface area (TPSA) is 87.7 Å². The molecule has 0 saturated carbocycles. The second kappa shape index (κ2) is 5.53. The lowest BCUT2D eigenvalue weighted by molar-refractivity contribution is -0.121. The molecule has 0 radical (unpaired) electrons. The van der Waals surface area contributed by atoms with Gasteiger partial charge < -0.3 is 16.3 Å². The highest BCUT2D eigenvalue weighted by Gasteiger charge is 2.32. The number of carbonyl (C=O) groups excluding carboxylic acids is 1. The molecule has 0 saturated heterocycles. The molecule has 1 aromatic rings. The summed E-state index contributed by atoms with van der Waals surface area (Å²) in [7, 11) is 0. The molecule has 0 bridgehead atoms. The van der Waals surface area contributed by atoms with Gasteiger partial charge in [0.25, 0.3) is 0 Å². The number of nitrogens with zero attached hydrogens (tertiary/aromatic N) is 1. The second-order valence-electron chi connectivity index (χ2n) is 4.62. The Balaban J connectivity index is 2.87. The molecule has 0 unspecified atom stereocenters. The summed E-state index contributed by atoms with van der Waals surface area (Å²) in [5.74, 6) is -0.433. The van der Waals surface area contributed by atoms with E-state index in [1.54, 1.807) is 19.9 Å². The maximum Gasteiger partial charge on any atom is 0.237 e. The van der Waals surface area contributed by atoms with Crippen molar-refractivity contribution in [2.24, 2.45) is 16.3 Å². The van der Waals surface area contributed by atoms with E-state index in [4.69, 9.17) is 10.9 Å². The lowest BCUT2D eigenvalue weighted by Gasteiger charge is -2.21. The Labute approximate surface area is 107 Å². The molecule has 0 aliphatic heterocycles. The monoisotopic (exact) mass is 249 g/mol. The Morgan fingerprint density at radius 2 is 2.17 bits per heavy atom. The average Bonchev–Trinajstić information content (AvgIpc) is 2.37. The summed E-state index contributed by atoms with van der Waals surface area (Å²) in [5.41, 5.74) is 6.28. The van der Waals surface area contributed by atoms with Crippen LogP contribution < -0.4 is 11.1 Å². The highest BCUT2D eigenvalue weighted by atomic mass is 16.4. The molecule has 4 N–H and O–H groups in total. The van der Waals surface area contributed by atoms with Crippen LogP contribution in [0.5, 0.6) is 0 Å². The molecule has 0 atom stereocenters. The van der Waals surface area contributed by atoms with Gasteiger partial charge in [-0.25, -0.2) is 0 Å². The molecular weight excluding hydrogens is 230 g/mol. The summed E-state index contributed by atoms with van der Waals surface area (Å²) >= 11 is 0. The zero-order valence-electron chi connectivity index (χ0n) is 10.9. The lowest BCUT2D eigenvalue weighted by atomic mass is 9.91. The van der Waals surface area contributed by atoms with Crippen LogP contribution in [0.25, 0.3) is 0 Å². The molecule has 1 aromatic carbocycles. The van der Waals surface area contributed by atoms with Crippen LogP contribution in [0, 0.1) is 5.41 Å². The van der Waals surface area contributed by atoms with Crippen LogP contribution in [0.3, 0.4) is 0 Å². The number of aryl methyl sites for hydroxylation is 1. The van der Waals surface area contributed by atoms with E-state index < -0.39 is 5.41 Å². The molecule has 0 aliphatic rings. The number of hydrogen-bond acceptors (Lipinski definition) is 3. The Kier molecular flexibility index (Phi) is 4.31. The van der Waals surface area contributed by atoms with Crippen molar-refractivity contribution >= 4 is 17.4 Å². The van der Waals surface area contributed by atoms with E-state index in [0.29, 0.717) is 5.69 Å². The summed E-state index contributed by atoms with van der Waals surface area (Å²) in [4.78, 5) is 12.1. The van der Waals surface area contributed by atoms with E-state index in [1.165, 1.54) is 0 Å². The van der Waals surface area contributed by atoms with Gasteiger partial charge in [0.05, 0.1) is 0 Å². The number of benzene rings is 1. The van der Waals surface area contributed by atoms with E-state index in [2.05, 4.69) is 10.5 Å². The fraction of sp³-hybridized carbons (Fsp3) is 0.385. The van der Waals surface area contributed by atoms with Gasteiger partial charge in [-0.05, 0) is 38.0 Å². The van der Waals surface area contributed by atoms with E-state index in [1.807, 2.05) is 25.1 Å². The molecule has 5 nitrogen and oxygen atoms in total. The first-order chi connectivity index (χ1) is 8.41. The minimum atomic E-state index is -1.06. The molecule has 0 spiro atoms. The summed E-state index contributed by atoms with van der Waals surface area (Å²) in [6, 6.07) is 7.58. The molecule has 98 valence electrons. The normalized spacial score (nSPS) is 12.3. The molecule has 18 heavy (non-hydrogen) atoms. The number of oxime groups is 1. The van der Waals surface area contributed by atoms with Crippen molar-refractivity contribution in [3.8, 4) is 0 Å². The molecule has 0 aromatic heterocycles. The largest absolute Gasteiger partial charge is 0.409 e. The van der Waals surface area contributed by atoms with Crippen LogP contribution in [0.4, 0.5) is 5.69 Å². The lowest BCUT2D eigenvalue weighted by Crippen LogP contribution is -2.42. The minimum absolute atomic E-state index is 0.119. The van der Waals surface area contributed by atoms with E-state index in [-0.39, 0.29) is 11.7 Å². The van der Waals surface area contributed by atoms with Crippen LogP contribution in [0.15, 0.2) is 29.4 Å². The number of carbonyl (C=O) groups is 1. The maximum absolute atomic E-state index is 12.1. The Hall–Kier alpha value is -2.04. The molecule has 1 amide bonds. The fourth-order valence-corrected chi connectivity index (χ4v) is 1.40. The van der Waals surface area contributed by atoms with Crippen molar-refractivity contribution in [2.45, 2.75) is 27.2 Å². The highest BCUT2D eigenvalue weighted by Crippen LogP contribution is 2.19. The zero-order chi connectivity index (χ0) is 13.8. The van der Waals surface area contributed by atoms with Crippen molar-refractivity contribution in [3.63, 3.8) is 0 Å². The van der Waals surface area contributed by atoms with Gasteiger partial charge in [0.2, 0.25) is 5.91 Å². The van der Waals surface area contributed by atoms with Crippen molar-refractivity contribution in [2.75, 3.05) is 5.32 Å². The Bertz CT molecular complexity index is 467. The van der Waals surface area contributed by atoms with E-state index >= 15 is 0 Å². The van der Waals surface area contributed by atoms with Gasteiger partial charge >= 0.3 is 0 Å².